The van der Waals surface area contributed by atoms with Gasteiger partial charge in [-0.3, -0.25) is 9.69 Å². The van der Waals surface area contributed by atoms with Gasteiger partial charge in [-0.15, -0.1) is 12.4 Å². The standard InChI is InChI=1S/C15H23N3O.ClH/c1-17(10-13-6-3-2-4-7-13)15(19)12-18-9-5-8-14(16)11-18;/h2-4,6-7,14H,5,8-12,16H2,1H3;1H. The fourth-order valence-corrected chi connectivity index (χ4v) is 2.49. The zero-order valence-corrected chi connectivity index (χ0v) is 12.8. The van der Waals surface area contributed by atoms with Crippen LogP contribution in [0.3, 0.4) is 0 Å². The van der Waals surface area contributed by atoms with Gasteiger partial charge in [-0.2, -0.15) is 0 Å². The number of nitrogens with zero attached hydrogens (tertiary/aromatic N) is 2. The second-order valence-electron chi connectivity index (χ2n) is 5.37. The highest BCUT2D eigenvalue weighted by Crippen LogP contribution is 2.09. The Kier molecular flexibility index (Phi) is 6.99. The third-order valence-electron chi connectivity index (χ3n) is 3.59. The number of rotatable bonds is 4. The summed E-state index contributed by atoms with van der Waals surface area (Å²) in [5.41, 5.74) is 7.09. The van der Waals surface area contributed by atoms with Gasteiger partial charge in [0, 0.05) is 26.2 Å². The Morgan fingerprint density at radius 1 is 1.40 bits per heavy atom. The molecule has 1 aliphatic heterocycles. The number of likely N-dealkylation sites (tertiary alicyclic amines) is 1. The molecule has 1 fully saturated rings. The second-order valence-corrected chi connectivity index (χ2v) is 5.37. The Balaban J connectivity index is 0.00000200. The van der Waals surface area contributed by atoms with E-state index in [0.717, 1.165) is 31.5 Å². The predicted molar refractivity (Wildman–Crippen MR) is 83.8 cm³/mol. The van der Waals surface area contributed by atoms with Crippen molar-refractivity contribution in [2.45, 2.75) is 25.4 Å². The molecular weight excluding hydrogens is 274 g/mol. The van der Waals surface area contributed by atoms with E-state index in [2.05, 4.69) is 4.90 Å². The number of hydrogen-bond acceptors (Lipinski definition) is 3. The molecule has 4 nitrogen and oxygen atoms in total. The summed E-state index contributed by atoms with van der Waals surface area (Å²) in [7, 11) is 1.86. The lowest BCUT2D eigenvalue weighted by atomic mass is 10.1. The highest BCUT2D eigenvalue weighted by molar-refractivity contribution is 5.85. The molecule has 0 saturated carbocycles. The molecule has 1 amide bonds. The van der Waals surface area contributed by atoms with Crippen LogP contribution < -0.4 is 5.73 Å². The van der Waals surface area contributed by atoms with E-state index >= 15 is 0 Å². The number of carbonyl (C=O) groups is 1. The number of nitrogens with two attached hydrogens (primary N) is 1. The highest BCUT2D eigenvalue weighted by atomic mass is 35.5. The molecule has 1 saturated heterocycles. The number of amides is 1. The molecule has 112 valence electrons. The predicted octanol–water partition coefficient (Wildman–Crippen LogP) is 1.49. The number of piperidine rings is 1. The first-order valence-electron chi connectivity index (χ1n) is 6.91. The molecule has 1 atom stereocenters. The maximum absolute atomic E-state index is 12.2. The Morgan fingerprint density at radius 2 is 2.10 bits per heavy atom. The van der Waals surface area contributed by atoms with Crippen molar-refractivity contribution in [3.63, 3.8) is 0 Å². The lowest BCUT2D eigenvalue weighted by Gasteiger charge is -2.31. The van der Waals surface area contributed by atoms with Crippen LogP contribution >= 0.6 is 12.4 Å². The molecule has 1 aromatic carbocycles. The van der Waals surface area contributed by atoms with Gasteiger partial charge in [-0.05, 0) is 24.9 Å². The molecule has 5 heteroatoms. The summed E-state index contributed by atoms with van der Waals surface area (Å²) < 4.78 is 0. The average Bonchev–Trinajstić information content (AvgIpc) is 2.40. The maximum Gasteiger partial charge on any atom is 0.236 e. The molecule has 0 bridgehead atoms. The highest BCUT2D eigenvalue weighted by Gasteiger charge is 2.20. The van der Waals surface area contributed by atoms with Crippen molar-refractivity contribution < 1.29 is 4.79 Å². The van der Waals surface area contributed by atoms with E-state index in [1.54, 1.807) is 4.90 Å². The molecule has 1 aliphatic rings. The summed E-state index contributed by atoms with van der Waals surface area (Å²) in [5.74, 6) is 0.165. The first-order chi connectivity index (χ1) is 9.15. The number of benzene rings is 1. The molecule has 0 spiro atoms. The van der Waals surface area contributed by atoms with Crippen molar-refractivity contribution in [3.8, 4) is 0 Å². The van der Waals surface area contributed by atoms with E-state index in [9.17, 15) is 4.79 Å². The van der Waals surface area contributed by atoms with Crippen LogP contribution in [0.2, 0.25) is 0 Å². The van der Waals surface area contributed by atoms with Gasteiger partial charge < -0.3 is 10.6 Å². The largest absolute Gasteiger partial charge is 0.340 e. The molecule has 2 N–H and O–H groups in total. The first kappa shape index (κ1) is 17.0. The monoisotopic (exact) mass is 297 g/mol. The molecule has 1 heterocycles. The van der Waals surface area contributed by atoms with Crippen molar-refractivity contribution in [2.75, 3.05) is 26.7 Å². The van der Waals surface area contributed by atoms with E-state index in [0.29, 0.717) is 13.1 Å². The molecule has 0 aliphatic carbocycles. The van der Waals surface area contributed by atoms with Gasteiger partial charge in [-0.25, -0.2) is 0 Å². The topological polar surface area (TPSA) is 49.6 Å². The van der Waals surface area contributed by atoms with Crippen LogP contribution in [0.5, 0.6) is 0 Å². The third-order valence-corrected chi connectivity index (χ3v) is 3.59. The Hall–Kier alpha value is -1.10. The van der Waals surface area contributed by atoms with Crippen LogP contribution in [-0.4, -0.2) is 48.4 Å². The first-order valence-corrected chi connectivity index (χ1v) is 6.91. The third kappa shape index (κ3) is 5.12. The molecule has 0 aromatic heterocycles. The minimum absolute atomic E-state index is 0. The van der Waals surface area contributed by atoms with Crippen molar-refractivity contribution in [1.82, 2.24) is 9.80 Å². The van der Waals surface area contributed by atoms with Gasteiger partial charge in [-0.1, -0.05) is 30.3 Å². The minimum atomic E-state index is 0. The van der Waals surface area contributed by atoms with E-state index in [-0.39, 0.29) is 24.4 Å². The molecule has 20 heavy (non-hydrogen) atoms. The normalized spacial score (nSPS) is 19.2. The van der Waals surface area contributed by atoms with Crippen molar-refractivity contribution in [3.05, 3.63) is 35.9 Å². The Bertz CT molecular complexity index is 413. The molecular formula is C15H24ClN3O. The van der Waals surface area contributed by atoms with Crippen molar-refractivity contribution in [1.29, 1.82) is 0 Å². The summed E-state index contributed by atoms with van der Waals surface area (Å²) in [5, 5.41) is 0. The summed E-state index contributed by atoms with van der Waals surface area (Å²) in [6.45, 7) is 2.97. The fourth-order valence-electron chi connectivity index (χ4n) is 2.49. The van der Waals surface area contributed by atoms with Crippen molar-refractivity contribution in [2.24, 2.45) is 5.73 Å². The van der Waals surface area contributed by atoms with Crippen LogP contribution in [0.15, 0.2) is 30.3 Å². The number of hydrogen-bond donors (Lipinski definition) is 1. The average molecular weight is 298 g/mol. The maximum atomic E-state index is 12.2. The lowest BCUT2D eigenvalue weighted by Crippen LogP contribution is -2.47. The van der Waals surface area contributed by atoms with Gasteiger partial charge in [0.05, 0.1) is 6.54 Å². The number of halogens is 1. The Morgan fingerprint density at radius 3 is 2.75 bits per heavy atom. The fraction of sp³-hybridized carbons (Fsp3) is 0.533. The van der Waals surface area contributed by atoms with E-state index < -0.39 is 0 Å². The van der Waals surface area contributed by atoms with E-state index in [4.69, 9.17) is 5.73 Å². The zero-order chi connectivity index (χ0) is 13.7. The summed E-state index contributed by atoms with van der Waals surface area (Å²) in [6, 6.07) is 10.3. The van der Waals surface area contributed by atoms with Crippen LogP contribution in [-0.2, 0) is 11.3 Å². The van der Waals surface area contributed by atoms with E-state index in [1.165, 1.54) is 0 Å². The van der Waals surface area contributed by atoms with Gasteiger partial charge in [0.2, 0.25) is 5.91 Å². The summed E-state index contributed by atoms with van der Waals surface area (Å²) in [6.07, 6.45) is 2.17. The smallest absolute Gasteiger partial charge is 0.236 e. The van der Waals surface area contributed by atoms with E-state index in [1.807, 2.05) is 37.4 Å². The number of carbonyl (C=O) groups excluding carboxylic acids is 1. The van der Waals surface area contributed by atoms with Gasteiger partial charge in [0.1, 0.15) is 0 Å². The Labute approximate surface area is 127 Å². The zero-order valence-electron chi connectivity index (χ0n) is 12.0. The second kappa shape index (κ2) is 8.25. The number of likely N-dealkylation sites (N-methyl/N-ethyl adjacent to an activating group) is 1. The summed E-state index contributed by atoms with van der Waals surface area (Å²) >= 11 is 0. The molecule has 2 rings (SSSR count). The van der Waals surface area contributed by atoms with Gasteiger partial charge in [0.15, 0.2) is 0 Å². The van der Waals surface area contributed by atoms with Crippen molar-refractivity contribution >= 4 is 18.3 Å². The molecule has 1 aromatic rings. The van der Waals surface area contributed by atoms with Crippen LogP contribution in [0.4, 0.5) is 0 Å². The van der Waals surface area contributed by atoms with Crippen LogP contribution in [0, 0.1) is 0 Å². The lowest BCUT2D eigenvalue weighted by molar-refractivity contribution is -0.131. The quantitative estimate of drug-likeness (QED) is 0.916. The molecule has 0 radical (unpaired) electrons. The van der Waals surface area contributed by atoms with Crippen LogP contribution in [0.1, 0.15) is 18.4 Å². The minimum Gasteiger partial charge on any atom is -0.340 e. The van der Waals surface area contributed by atoms with Gasteiger partial charge >= 0.3 is 0 Å². The van der Waals surface area contributed by atoms with Gasteiger partial charge in [0.25, 0.3) is 0 Å². The SMILES string of the molecule is CN(Cc1ccccc1)C(=O)CN1CCCC(N)C1.Cl. The summed E-state index contributed by atoms with van der Waals surface area (Å²) in [4.78, 5) is 16.1. The molecule has 1 unspecified atom stereocenters. The van der Waals surface area contributed by atoms with Crippen LogP contribution in [0.25, 0.3) is 0 Å².